The zero-order valence-corrected chi connectivity index (χ0v) is 12.6. The molecule has 2 aliphatic heterocycles. The maximum absolute atomic E-state index is 12.2. The molecular weight excluding hydrogens is 293 g/mol. The fourth-order valence-corrected chi connectivity index (χ4v) is 3.48. The van der Waals surface area contributed by atoms with Crippen LogP contribution in [0.2, 0.25) is 0 Å². The molecule has 2 aliphatic rings. The lowest BCUT2D eigenvalue weighted by Gasteiger charge is -2.30. The van der Waals surface area contributed by atoms with E-state index in [1.165, 1.54) is 25.0 Å². The Morgan fingerprint density at radius 1 is 1.14 bits per heavy atom. The third-order valence-electron chi connectivity index (χ3n) is 4.70. The molecule has 2 bridgehead atoms. The first-order valence-corrected chi connectivity index (χ1v) is 7.76. The molecule has 2 heterocycles. The van der Waals surface area contributed by atoms with E-state index in [0.717, 1.165) is 25.1 Å². The molecule has 2 saturated heterocycles. The van der Waals surface area contributed by atoms with Gasteiger partial charge in [-0.3, -0.25) is 4.90 Å². The Morgan fingerprint density at radius 2 is 1.82 bits per heavy atom. The van der Waals surface area contributed by atoms with Crippen molar-refractivity contribution in [3.8, 4) is 5.75 Å². The van der Waals surface area contributed by atoms with E-state index in [4.69, 9.17) is 0 Å². The SMILES string of the molecule is CC(c1ccc(OC(F)(F)F)cc1)N1CCC2CCC(C1)N2. The molecule has 22 heavy (non-hydrogen) atoms. The molecule has 0 radical (unpaired) electrons. The number of ether oxygens (including phenoxy) is 1. The lowest BCUT2D eigenvalue weighted by atomic mass is 10.0. The van der Waals surface area contributed by atoms with E-state index in [2.05, 4.69) is 21.9 Å². The Hall–Kier alpha value is -1.27. The molecule has 3 atom stereocenters. The van der Waals surface area contributed by atoms with Crippen molar-refractivity contribution < 1.29 is 17.9 Å². The lowest BCUT2D eigenvalue weighted by Crippen LogP contribution is -2.36. The fourth-order valence-electron chi connectivity index (χ4n) is 3.48. The van der Waals surface area contributed by atoms with Gasteiger partial charge in [0.1, 0.15) is 5.75 Å². The molecule has 1 aromatic carbocycles. The van der Waals surface area contributed by atoms with Crippen LogP contribution in [0.4, 0.5) is 13.2 Å². The van der Waals surface area contributed by atoms with Gasteiger partial charge in [-0.2, -0.15) is 0 Å². The highest BCUT2D eigenvalue weighted by molar-refractivity contribution is 5.29. The molecule has 0 aromatic heterocycles. The summed E-state index contributed by atoms with van der Waals surface area (Å²) in [6.07, 6.45) is -1.03. The van der Waals surface area contributed by atoms with E-state index < -0.39 is 6.36 Å². The third kappa shape index (κ3) is 3.73. The number of alkyl halides is 3. The highest BCUT2D eigenvalue weighted by Crippen LogP contribution is 2.29. The normalized spacial score (nSPS) is 27.5. The summed E-state index contributed by atoms with van der Waals surface area (Å²) < 4.78 is 40.5. The molecule has 0 aliphatic carbocycles. The molecule has 2 fully saturated rings. The van der Waals surface area contributed by atoms with Crippen molar-refractivity contribution in [2.24, 2.45) is 0 Å². The van der Waals surface area contributed by atoms with Gasteiger partial charge in [-0.05, 0) is 43.9 Å². The van der Waals surface area contributed by atoms with Gasteiger partial charge in [-0.1, -0.05) is 12.1 Å². The van der Waals surface area contributed by atoms with Crippen molar-refractivity contribution in [2.75, 3.05) is 13.1 Å². The summed E-state index contributed by atoms with van der Waals surface area (Å²) in [5, 5.41) is 3.64. The summed E-state index contributed by atoms with van der Waals surface area (Å²) in [7, 11) is 0. The summed E-state index contributed by atoms with van der Waals surface area (Å²) >= 11 is 0. The van der Waals surface area contributed by atoms with E-state index in [0.29, 0.717) is 12.1 Å². The van der Waals surface area contributed by atoms with Crippen LogP contribution >= 0.6 is 0 Å². The van der Waals surface area contributed by atoms with E-state index >= 15 is 0 Å². The van der Waals surface area contributed by atoms with Crippen LogP contribution in [-0.2, 0) is 0 Å². The van der Waals surface area contributed by atoms with Crippen molar-refractivity contribution in [2.45, 2.75) is 50.7 Å². The molecule has 6 heteroatoms. The number of halogens is 3. The number of benzene rings is 1. The van der Waals surface area contributed by atoms with Crippen LogP contribution in [0, 0.1) is 0 Å². The summed E-state index contributed by atoms with van der Waals surface area (Å²) in [5.74, 6) is -0.167. The topological polar surface area (TPSA) is 24.5 Å². The molecular formula is C16H21F3N2O. The van der Waals surface area contributed by atoms with Crippen LogP contribution in [-0.4, -0.2) is 36.4 Å². The number of rotatable bonds is 3. The van der Waals surface area contributed by atoms with Crippen LogP contribution < -0.4 is 10.1 Å². The molecule has 0 saturated carbocycles. The van der Waals surface area contributed by atoms with Gasteiger partial charge >= 0.3 is 6.36 Å². The van der Waals surface area contributed by atoms with E-state index in [1.807, 2.05) is 0 Å². The summed E-state index contributed by atoms with van der Waals surface area (Å²) in [5.41, 5.74) is 1.02. The minimum Gasteiger partial charge on any atom is -0.406 e. The number of nitrogens with zero attached hydrogens (tertiary/aromatic N) is 1. The van der Waals surface area contributed by atoms with Crippen molar-refractivity contribution >= 4 is 0 Å². The standard InChI is InChI=1S/C16H21F3N2O/c1-11(21-9-8-13-4-5-14(10-21)20-13)12-2-6-15(7-3-12)22-16(17,18)19/h2-3,6-7,11,13-14,20H,4-5,8-10H2,1H3. The zero-order valence-electron chi connectivity index (χ0n) is 12.6. The second-order valence-electron chi connectivity index (χ2n) is 6.21. The lowest BCUT2D eigenvalue weighted by molar-refractivity contribution is -0.274. The Labute approximate surface area is 128 Å². The number of hydrogen-bond acceptors (Lipinski definition) is 3. The van der Waals surface area contributed by atoms with Crippen molar-refractivity contribution in [3.63, 3.8) is 0 Å². The number of likely N-dealkylation sites (tertiary alicyclic amines) is 1. The second kappa shape index (κ2) is 6.08. The molecule has 122 valence electrons. The van der Waals surface area contributed by atoms with Gasteiger partial charge in [0.2, 0.25) is 0 Å². The highest BCUT2D eigenvalue weighted by atomic mass is 19.4. The summed E-state index contributed by atoms with van der Waals surface area (Å²) in [6, 6.07) is 7.60. The molecule has 3 nitrogen and oxygen atoms in total. The Kier molecular flexibility index (Phi) is 4.32. The van der Waals surface area contributed by atoms with Gasteiger partial charge in [0.25, 0.3) is 0 Å². The minimum absolute atomic E-state index is 0.167. The van der Waals surface area contributed by atoms with Crippen LogP contribution in [0.3, 0.4) is 0 Å². The van der Waals surface area contributed by atoms with E-state index in [9.17, 15) is 13.2 Å². The summed E-state index contributed by atoms with van der Waals surface area (Å²) in [4.78, 5) is 2.41. The predicted molar refractivity (Wildman–Crippen MR) is 77.7 cm³/mol. The average molecular weight is 314 g/mol. The van der Waals surface area contributed by atoms with Gasteiger partial charge < -0.3 is 10.1 Å². The number of hydrogen-bond donors (Lipinski definition) is 1. The molecule has 3 rings (SSSR count). The van der Waals surface area contributed by atoms with Crippen LogP contribution in [0.1, 0.15) is 37.8 Å². The van der Waals surface area contributed by atoms with Gasteiger partial charge in [0.15, 0.2) is 0 Å². The van der Waals surface area contributed by atoms with Gasteiger partial charge in [0, 0.05) is 31.2 Å². The number of nitrogens with one attached hydrogen (secondary N) is 1. The van der Waals surface area contributed by atoms with Gasteiger partial charge in [-0.15, -0.1) is 13.2 Å². The maximum Gasteiger partial charge on any atom is 0.573 e. The monoisotopic (exact) mass is 314 g/mol. The van der Waals surface area contributed by atoms with Crippen LogP contribution in [0.5, 0.6) is 5.75 Å². The third-order valence-corrected chi connectivity index (χ3v) is 4.70. The molecule has 1 aromatic rings. The van der Waals surface area contributed by atoms with Crippen molar-refractivity contribution in [3.05, 3.63) is 29.8 Å². The van der Waals surface area contributed by atoms with Gasteiger partial charge in [0.05, 0.1) is 0 Å². The maximum atomic E-state index is 12.2. The smallest absolute Gasteiger partial charge is 0.406 e. The van der Waals surface area contributed by atoms with Crippen molar-refractivity contribution in [1.29, 1.82) is 0 Å². The Bertz CT molecular complexity index is 503. The quantitative estimate of drug-likeness (QED) is 0.924. The highest BCUT2D eigenvalue weighted by Gasteiger charge is 2.32. The molecule has 0 amide bonds. The van der Waals surface area contributed by atoms with E-state index in [1.54, 1.807) is 12.1 Å². The molecule has 0 spiro atoms. The van der Waals surface area contributed by atoms with Crippen molar-refractivity contribution in [1.82, 2.24) is 10.2 Å². The summed E-state index contributed by atoms with van der Waals surface area (Å²) in [6.45, 7) is 4.13. The fraction of sp³-hybridized carbons (Fsp3) is 0.625. The van der Waals surface area contributed by atoms with Crippen LogP contribution in [0.15, 0.2) is 24.3 Å². The van der Waals surface area contributed by atoms with Crippen LogP contribution in [0.25, 0.3) is 0 Å². The molecule has 3 unspecified atom stereocenters. The first kappa shape index (κ1) is 15.6. The second-order valence-corrected chi connectivity index (χ2v) is 6.21. The first-order valence-electron chi connectivity index (χ1n) is 7.76. The zero-order chi connectivity index (χ0) is 15.7. The Balaban J connectivity index is 1.65. The largest absolute Gasteiger partial charge is 0.573 e. The first-order chi connectivity index (χ1) is 10.4. The predicted octanol–water partition coefficient (Wildman–Crippen LogP) is 3.47. The number of fused-ring (bicyclic) bond motifs is 2. The minimum atomic E-state index is -4.64. The Morgan fingerprint density at radius 3 is 2.50 bits per heavy atom. The van der Waals surface area contributed by atoms with Gasteiger partial charge in [-0.25, -0.2) is 0 Å². The average Bonchev–Trinajstić information content (AvgIpc) is 2.77. The molecule has 1 N–H and O–H groups in total. The van der Waals surface area contributed by atoms with E-state index in [-0.39, 0.29) is 11.8 Å².